The van der Waals surface area contributed by atoms with Crippen LogP contribution in [0.25, 0.3) is 0 Å². The van der Waals surface area contributed by atoms with E-state index in [0.717, 1.165) is 11.5 Å². The van der Waals surface area contributed by atoms with Gasteiger partial charge in [-0.05, 0) is 36.5 Å². The molecule has 3 rings (SSSR count). The van der Waals surface area contributed by atoms with E-state index < -0.39 is 0 Å². The molecule has 1 aliphatic carbocycles. The SMILES string of the molecule is Oc1cccc(C2NC=C(C3CC3)S2)c1. The van der Waals surface area contributed by atoms with Crippen molar-refractivity contribution in [1.29, 1.82) is 0 Å². The second kappa shape index (κ2) is 3.49. The Hall–Kier alpha value is -1.09. The van der Waals surface area contributed by atoms with Crippen molar-refractivity contribution < 1.29 is 5.11 Å². The van der Waals surface area contributed by atoms with Crippen molar-refractivity contribution in [3.05, 3.63) is 40.9 Å². The van der Waals surface area contributed by atoms with Crippen LogP contribution in [0, 0.1) is 5.92 Å². The Morgan fingerprint density at radius 2 is 2.20 bits per heavy atom. The van der Waals surface area contributed by atoms with Crippen LogP contribution in [0.1, 0.15) is 23.8 Å². The molecule has 0 spiro atoms. The van der Waals surface area contributed by atoms with E-state index in [2.05, 4.69) is 11.5 Å². The normalized spacial score (nSPS) is 24.8. The zero-order chi connectivity index (χ0) is 10.3. The quantitative estimate of drug-likeness (QED) is 0.802. The lowest BCUT2D eigenvalue weighted by Gasteiger charge is -2.11. The summed E-state index contributed by atoms with van der Waals surface area (Å²) in [7, 11) is 0. The predicted molar refractivity (Wildman–Crippen MR) is 62.4 cm³/mol. The maximum atomic E-state index is 9.41. The molecule has 1 aromatic rings. The van der Waals surface area contributed by atoms with Gasteiger partial charge in [0.25, 0.3) is 0 Å². The smallest absolute Gasteiger partial charge is 0.115 e. The highest BCUT2D eigenvalue weighted by molar-refractivity contribution is 8.03. The Morgan fingerprint density at radius 1 is 1.33 bits per heavy atom. The van der Waals surface area contributed by atoms with Gasteiger partial charge in [0, 0.05) is 11.1 Å². The number of allylic oxidation sites excluding steroid dienone is 1. The molecule has 1 unspecified atom stereocenters. The minimum absolute atomic E-state index is 0.285. The lowest BCUT2D eigenvalue weighted by molar-refractivity contribution is 0.474. The summed E-state index contributed by atoms with van der Waals surface area (Å²) < 4.78 is 0. The molecule has 0 bridgehead atoms. The van der Waals surface area contributed by atoms with Crippen molar-refractivity contribution in [2.75, 3.05) is 0 Å². The van der Waals surface area contributed by atoms with Crippen molar-refractivity contribution in [3.8, 4) is 5.75 Å². The topological polar surface area (TPSA) is 32.3 Å². The van der Waals surface area contributed by atoms with Crippen LogP contribution >= 0.6 is 11.8 Å². The standard InChI is InChI=1S/C12H13NOS/c14-10-3-1-2-9(6-10)12-13-7-11(15-12)8-4-5-8/h1-3,6-8,12-14H,4-5H2. The Bertz CT molecular complexity index is 412. The number of thioether (sulfide) groups is 1. The maximum Gasteiger partial charge on any atom is 0.115 e. The van der Waals surface area contributed by atoms with Crippen LogP contribution in [0.15, 0.2) is 35.4 Å². The Kier molecular flexibility index (Phi) is 2.13. The largest absolute Gasteiger partial charge is 0.508 e. The van der Waals surface area contributed by atoms with Gasteiger partial charge in [-0.2, -0.15) is 0 Å². The molecule has 2 aliphatic rings. The lowest BCUT2D eigenvalue weighted by Crippen LogP contribution is -2.06. The number of rotatable bonds is 2. The molecule has 0 saturated heterocycles. The molecule has 0 aromatic heterocycles. The second-order valence-electron chi connectivity index (χ2n) is 4.08. The summed E-state index contributed by atoms with van der Waals surface area (Å²) >= 11 is 1.88. The fourth-order valence-electron chi connectivity index (χ4n) is 1.80. The molecule has 2 nitrogen and oxygen atoms in total. The van der Waals surface area contributed by atoms with Crippen LogP contribution in [-0.4, -0.2) is 5.11 Å². The molecule has 0 amide bonds. The molecular weight excluding hydrogens is 206 g/mol. The fourth-order valence-corrected chi connectivity index (χ4v) is 3.05. The fraction of sp³-hybridized carbons (Fsp3) is 0.333. The molecule has 1 fully saturated rings. The van der Waals surface area contributed by atoms with Gasteiger partial charge < -0.3 is 10.4 Å². The van der Waals surface area contributed by atoms with E-state index in [4.69, 9.17) is 0 Å². The molecule has 78 valence electrons. The molecular formula is C12H13NOS. The number of phenolic OH excluding ortho intramolecular Hbond substituents is 1. The van der Waals surface area contributed by atoms with E-state index >= 15 is 0 Å². The van der Waals surface area contributed by atoms with Gasteiger partial charge in [0.15, 0.2) is 0 Å². The number of nitrogens with one attached hydrogen (secondary N) is 1. The summed E-state index contributed by atoms with van der Waals surface area (Å²) in [6, 6.07) is 7.47. The molecule has 15 heavy (non-hydrogen) atoms. The summed E-state index contributed by atoms with van der Waals surface area (Å²) in [4.78, 5) is 1.48. The highest BCUT2D eigenvalue weighted by Gasteiger charge is 2.31. The summed E-state index contributed by atoms with van der Waals surface area (Å²) in [6.07, 6.45) is 4.82. The molecule has 0 radical (unpaired) electrons. The summed E-state index contributed by atoms with van der Waals surface area (Å²) in [5.41, 5.74) is 1.15. The van der Waals surface area contributed by atoms with Crippen molar-refractivity contribution >= 4 is 11.8 Å². The molecule has 3 heteroatoms. The van der Waals surface area contributed by atoms with Crippen LogP contribution in [0.2, 0.25) is 0 Å². The Morgan fingerprint density at radius 3 is 2.93 bits per heavy atom. The summed E-state index contributed by atoms with van der Waals surface area (Å²) in [5.74, 6) is 1.15. The highest BCUT2D eigenvalue weighted by Crippen LogP contribution is 2.49. The van der Waals surface area contributed by atoms with Gasteiger partial charge in [-0.3, -0.25) is 0 Å². The molecule has 2 N–H and O–H groups in total. The molecule has 1 heterocycles. The van der Waals surface area contributed by atoms with E-state index in [1.165, 1.54) is 17.7 Å². The third kappa shape index (κ3) is 1.84. The number of phenols is 1. The average Bonchev–Trinajstić information content (AvgIpc) is 2.97. The first-order chi connectivity index (χ1) is 7.33. The van der Waals surface area contributed by atoms with Crippen molar-refractivity contribution in [3.63, 3.8) is 0 Å². The zero-order valence-electron chi connectivity index (χ0n) is 8.31. The first-order valence-corrected chi connectivity index (χ1v) is 6.12. The van der Waals surface area contributed by atoms with E-state index in [-0.39, 0.29) is 5.37 Å². The Balaban J connectivity index is 1.75. The van der Waals surface area contributed by atoms with Gasteiger partial charge in [0.2, 0.25) is 0 Å². The van der Waals surface area contributed by atoms with Gasteiger partial charge in [-0.1, -0.05) is 23.9 Å². The van der Waals surface area contributed by atoms with Gasteiger partial charge in [-0.25, -0.2) is 0 Å². The van der Waals surface area contributed by atoms with Gasteiger partial charge in [0.1, 0.15) is 11.1 Å². The van der Waals surface area contributed by atoms with Gasteiger partial charge >= 0.3 is 0 Å². The summed E-state index contributed by atoms with van der Waals surface area (Å²) in [5, 5.41) is 13.1. The average molecular weight is 219 g/mol. The first kappa shape index (κ1) is 9.16. The molecule has 1 aromatic carbocycles. The van der Waals surface area contributed by atoms with E-state index in [0.29, 0.717) is 5.75 Å². The molecule has 1 saturated carbocycles. The monoisotopic (exact) mass is 219 g/mol. The number of hydrogen-bond acceptors (Lipinski definition) is 3. The number of benzene rings is 1. The zero-order valence-corrected chi connectivity index (χ0v) is 9.13. The summed E-state index contributed by atoms with van der Waals surface area (Å²) in [6.45, 7) is 0. The van der Waals surface area contributed by atoms with Crippen LogP contribution in [0.4, 0.5) is 0 Å². The predicted octanol–water partition coefficient (Wildman–Crippen LogP) is 2.98. The van der Waals surface area contributed by atoms with E-state index in [1.54, 1.807) is 6.07 Å². The van der Waals surface area contributed by atoms with Crippen LogP contribution in [0.3, 0.4) is 0 Å². The third-order valence-corrected chi connectivity index (χ3v) is 4.15. The Labute approximate surface area is 93.4 Å². The van der Waals surface area contributed by atoms with Crippen molar-refractivity contribution in [1.82, 2.24) is 5.32 Å². The first-order valence-electron chi connectivity index (χ1n) is 5.24. The number of hydrogen-bond donors (Lipinski definition) is 2. The van der Waals surface area contributed by atoms with Gasteiger partial charge in [-0.15, -0.1) is 0 Å². The molecule has 1 atom stereocenters. The second-order valence-corrected chi connectivity index (χ2v) is 5.26. The van der Waals surface area contributed by atoms with Crippen molar-refractivity contribution in [2.45, 2.75) is 18.2 Å². The minimum Gasteiger partial charge on any atom is -0.508 e. The van der Waals surface area contributed by atoms with E-state index in [1.807, 2.05) is 30.0 Å². The highest BCUT2D eigenvalue weighted by atomic mass is 32.2. The van der Waals surface area contributed by atoms with Crippen LogP contribution < -0.4 is 5.32 Å². The van der Waals surface area contributed by atoms with Crippen molar-refractivity contribution in [2.24, 2.45) is 5.92 Å². The maximum absolute atomic E-state index is 9.41. The van der Waals surface area contributed by atoms with Gasteiger partial charge in [0.05, 0.1) is 0 Å². The third-order valence-electron chi connectivity index (χ3n) is 2.78. The van der Waals surface area contributed by atoms with Crippen LogP contribution in [0.5, 0.6) is 5.75 Å². The lowest BCUT2D eigenvalue weighted by atomic mass is 10.2. The number of aromatic hydroxyl groups is 1. The minimum atomic E-state index is 0.285. The van der Waals surface area contributed by atoms with E-state index in [9.17, 15) is 5.11 Å². The van der Waals surface area contributed by atoms with Crippen LogP contribution in [-0.2, 0) is 0 Å². The molecule has 1 aliphatic heterocycles.